The predicted octanol–water partition coefficient (Wildman–Crippen LogP) is 2.16. The lowest BCUT2D eigenvalue weighted by atomic mass is 10.0. The molecule has 0 bridgehead atoms. The van der Waals surface area contributed by atoms with Crippen molar-refractivity contribution in [3.05, 3.63) is 71.0 Å². The number of halogens is 1. The maximum absolute atomic E-state index is 13.0. The summed E-state index contributed by atoms with van der Waals surface area (Å²) in [6, 6.07) is 12.5. The van der Waals surface area contributed by atoms with Crippen LogP contribution in [0.4, 0.5) is 4.39 Å². The number of imide groups is 1. The Bertz CT molecular complexity index is 1010. The summed E-state index contributed by atoms with van der Waals surface area (Å²) in [6.45, 7) is 1.06. The number of amides is 4. The van der Waals surface area contributed by atoms with Gasteiger partial charge >= 0.3 is 0 Å². The van der Waals surface area contributed by atoms with Gasteiger partial charge < -0.3 is 10.2 Å². The zero-order valence-corrected chi connectivity index (χ0v) is 17.6. The molecule has 1 N–H and O–H groups in total. The lowest BCUT2D eigenvalue weighted by Gasteiger charge is -2.32. The minimum Gasteiger partial charge on any atom is -0.353 e. The summed E-state index contributed by atoms with van der Waals surface area (Å²) in [4.78, 5) is 52.5. The number of fused-ring (bicyclic) bond motifs is 1. The van der Waals surface area contributed by atoms with Crippen LogP contribution in [0.15, 0.2) is 48.5 Å². The molecule has 1 fully saturated rings. The van der Waals surface area contributed by atoms with Crippen LogP contribution < -0.4 is 5.32 Å². The van der Waals surface area contributed by atoms with E-state index in [-0.39, 0.29) is 54.9 Å². The molecule has 1 saturated heterocycles. The lowest BCUT2D eigenvalue weighted by molar-refractivity contribution is -0.132. The molecule has 0 spiro atoms. The molecule has 7 nitrogen and oxygen atoms in total. The zero-order valence-electron chi connectivity index (χ0n) is 17.6. The third-order valence-electron chi connectivity index (χ3n) is 5.92. The van der Waals surface area contributed by atoms with Crippen LogP contribution in [0.1, 0.15) is 45.5 Å². The summed E-state index contributed by atoms with van der Waals surface area (Å²) < 4.78 is 13.0. The maximum atomic E-state index is 13.0. The van der Waals surface area contributed by atoms with Crippen molar-refractivity contribution in [1.82, 2.24) is 15.1 Å². The Morgan fingerprint density at radius 2 is 1.53 bits per heavy atom. The van der Waals surface area contributed by atoms with Crippen molar-refractivity contribution in [3.8, 4) is 0 Å². The van der Waals surface area contributed by atoms with Crippen LogP contribution in [-0.2, 0) is 16.0 Å². The van der Waals surface area contributed by atoms with E-state index in [0.717, 1.165) is 10.5 Å². The first kappa shape index (κ1) is 21.7. The quantitative estimate of drug-likeness (QED) is 0.702. The SMILES string of the molecule is O=C(Cc1ccc(F)cc1)NC1CCN(C(=O)CCN2C(=O)c3ccccc3C2=O)CC1. The summed E-state index contributed by atoms with van der Waals surface area (Å²) in [5.74, 6) is -1.30. The molecule has 0 aliphatic carbocycles. The molecule has 2 aliphatic heterocycles. The minimum atomic E-state index is -0.360. The zero-order chi connectivity index (χ0) is 22.7. The molecule has 32 heavy (non-hydrogen) atoms. The van der Waals surface area contributed by atoms with E-state index in [9.17, 15) is 23.6 Å². The smallest absolute Gasteiger partial charge is 0.261 e. The van der Waals surface area contributed by atoms with Crippen molar-refractivity contribution in [2.24, 2.45) is 0 Å². The van der Waals surface area contributed by atoms with Crippen molar-refractivity contribution < 1.29 is 23.6 Å². The van der Waals surface area contributed by atoms with E-state index in [2.05, 4.69) is 5.32 Å². The van der Waals surface area contributed by atoms with Crippen LogP contribution in [0, 0.1) is 5.82 Å². The highest BCUT2D eigenvalue weighted by molar-refractivity contribution is 6.21. The Labute approximate surface area is 185 Å². The van der Waals surface area contributed by atoms with Gasteiger partial charge in [0.2, 0.25) is 11.8 Å². The Morgan fingerprint density at radius 1 is 0.938 bits per heavy atom. The largest absolute Gasteiger partial charge is 0.353 e. The van der Waals surface area contributed by atoms with Gasteiger partial charge in [0.15, 0.2) is 0 Å². The normalized spacial score (nSPS) is 16.3. The van der Waals surface area contributed by atoms with E-state index in [1.807, 2.05) is 0 Å². The van der Waals surface area contributed by atoms with E-state index in [4.69, 9.17) is 0 Å². The fraction of sp³-hybridized carbons (Fsp3) is 0.333. The van der Waals surface area contributed by atoms with Gasteiger partial charge in [-0.25, -0.2) is 4.39 Å². The maximum Gasteiger partial charge on any atom is 0.261 e. The number of nitrogens with zero attached hydrogens (tertiary/aromatic N) is 2. The van der Waals surface area contributed by atoms with Crippen LogP contribution in [0.3, 0.4) is 0 Å². The van der Waals surface area contributed by atoms with E-state index < -0.39 is 0 Å². The fourth-order valence-electron chi connectivity index (χ4n) is 4.15. The van der Waals surface area contributed by atoms with Crippen LogP contribution in [0.25, 0.3) is 0 Å². The number of rotatable bonds is 6. The molecule has 0 atom stereocenters. The number of piperidine rings is 1. The van der Waals surface area contributed by atoms with Crippen molar-refractivity contribution in [3.63, 3.8) is 0 Å². The summed E-state index contributed by atoms with van der Waals surface area (Å²) in [7, 11) is 0. The molecule has 2 aromatic rings. The third kappa shape index (κ3) is 4.69. The van der Waals surface area contributed by atoms with Gasteiger partial charge in [-0.1, -0.05) is 24.3 Å². The molecule has 4 amide bonds. The highest BCUT2D eigenvalue weighted by Gasteiger charge is 2.35. The summed E-state index contributed by atoms with van der Waals surface area (Å²) in [5.41, 5.74) is 1.49. The van der Waals surface area contributed by atoms with Crippen molar-refractivity contribution in [2.75, 3.05) is 19.6 Å². The first-order chi connectivity index (χ1) is 15.4. The van der Waals surface area contributed by atoms with Crippen LogP contribution in [-0.4, -0.2) is 59.1 Å². The molecule has 0 radical (unpaired) electrons. The van der Waals surface area contributed by atoms with Gasteiger partial charge in [0.25, 0.3) is 11.8 Å². The van der Waals surface area contributed by atoms with Gasteiger partial charge in [0.1, 0.15) is 5.82 Å². The summed E-state index contributed by atoms with van der Waals surface area (Å²) in [6.07, 6.45) is 1.52. The van der Waals surface area contributed by atoms with Crippen LogP contribution in [0.5, 0.6) is 0 Å². The van der Waals surface area contributed by atoms with E-state index in [1.165, 1.54) is 12.1 Å². The van der Waals surface area contributed by atoms with Gasteiger partial charge in [-0.05, 0) is 42.7 Å². The van der Waals surface area contributed by atoms with Gasteiger partial charge in [-0.3, -0.25) is 24.1 Å². The van der Waals surface area contributed by atoms with E-state index in [1.54, 1.807) is 41.3 Å². The monoisotopic (exact) mass is 437 g/mol. The second-order valence-electron chi connectivity index (χ2n) is 8.08. The molecule has 2 aromatic carbocycles. The summed E-state index contributed by atoms with van der Waals surface area (Å²) >= 11 is 0. The molecule has 0 aromatic heterocycles. The van der Waals surface area contributed by atoms with Gasteiger partial charge in [-0.15, -0.1) is 0 Å². The van der Waals surface area contributed by atoms with E-state index >= 15 is 0 Å². The average molecular weight is 437 g/mol. The predicted molar refractivity (Wildman–Crippen MR) is 114 cm³/mol. The molecule has 0 unspecified atom stereocenters. The number of carbonyl (C=O) groups is 4. The van der Waals surface area contributed by atoms with E-state index in [0.29, 0.717) is 37.1 Å². The molecule has 4 rings (SSSR count). The first-order valence-corrected chi connectivity index (χ1v) is 10.7. The van der Waals surface area contributed by atoms with Crippen molar-refractivity contribution in [1.29, 1.82) is 0 Å². The average Bonchev–Trinajstić information content (AvgIpc) is 3.04. The van der Waals surface area contributed by atoms with Gasteiger partial charge in [0.05, 0.1) is 17.5 Å². The Kier molecular flexibility index (Phi) is 6.30. The first-order valence-electron chi connectivity index (χ1n) is 10.7. The van der Waals surface area contributed by atoms with Crippen molar-refractivity contribution >= 4 is 23.6 Å². The highest BCUT2D eigenvalue weighted by atomic mass is 19.1. The molecule has 8 heteroatoms. The number of likely N-dealkylation sites (tertiary alicyclic amines) is 1. The molecule has 2 heterocycles. The van der Waals surface area contributed by atoms with Gasteiger partial charge in [0, 0.05) is 32.1 Å². The third-order valence-corrected chi connectivity index (χ3v) is 5.92. The van der Waals surface area contributed by atoms with Gasteiger partial charge in [-0.2, -0.15) is 0 Å². The second kappa shape index (κ2) is 9.30. The second-order valence-corrected chi connectivity index (χ2v) is 8.08. The number of carbonyl (C=O) groups excluding carboxylic acids is 4. The minimum absolute atomic E-state index is 0.0248. The van der Waals surface area contributed by atoms with Crippen LogP contribution >= 0.6 is 0 Å². The fourth-order valence-corrected chi connectivity index (χ4v) is 4.15. The topological polar surface area (TPSA) is 86.8 Å². The van der Waals surface area contributed by atoms with Crippen molar-refractivity contribution in [2.45, 2.75) is 31.7 Å². The molecule has 0 saturated carbocycles. The number of hydrogen-bond acceptors (Lipinski definition) is 4. The lowest BCUT2D eigenvalue weighted by Crippen LogP contribution is -2.47. The Morgan fingerprint density at radius 3 is 2.12 bits per heavy atom. The highest BCUT2D eigenvalue weighted by Crippen LogP contribution is 2.23. The molecular formula is C24H24FN3O4. The number of hydrogen-bond donors (Lipinski definition) is 1. The van der Waals surface area contributed by atoms with Crippen LogP contribution in [0.2, 0.25) is 0 Å². The number of benzene rings is 2. The Balaban J connectivity index is 1.21. The standard InChI is InChI=1S/C24H24FN3O4/c25-17-7-5-16(6-8-17)15-21(29)26-18-9-12-27(13-10-18)22(30)11-14-28-23(31)19-3-1-2-4-20(19)24(28)32/h1-8,18H,9-15H2,(H,26,29). The summed E-state index contributed by atoms with van der Waals surface area (Å²) in [5, 5.41) is 2.97. The number of nitrogens with one attached hydrogen (secondary N) is 1. The molecular weight excluding hydrogens is 413 g/mol. The molecule has 2 aliphatic rings. The molecule has 166 valence electrons. The Hall–Kier alpha value is -3.55.